The van der Waals surface area contributed by atoms with E-state index in [1.165, 1.54) is 6.07 Å². The van der Waals surface area contributed by atoms with Crippen LogP contribution in [0.1, 0.15) is 30.1 Å². The van der Waals surface area contributed by atoms with Gasteiger partial charge in [-0.2, -0.15) is 26.3 Å². The Labute approximate surface area is 171 Å². The molecule has 3 aromatic rings. The second-order valence-electron chi connectivity index (χ2n) is 6.98. The average Bonchev–Trinajstić information content (AvgIpc) is 3.01. The van der Waals surface area contributed by atoms with Crippen LogP contribution in [0, 0.1) is 0 Å². The summed E-state index contributed by atoms with van der Waals surface area (Å²) in [6.07, 6.45) is -8.00. The Morgan fingerprint density at radius 1 is 1.17 bits per heavy atom. The molecular weight excluding hydrogens is 440 g/mol. The third-order valence-electron chi connectivity index (χ3n) is 5.04. The van der Waals surface area contributed by atoms with Gasteiger partial charge in [0.1, 0.15) is 12.1 Å². The van der Waals surface area contributed by atoms with E-state index >= 15 is 0 Å². The molecule has 1 saturated heterocycles. The Kier molecular flexibility index (Phi) is 5.80. The van der Waals surface area contributed by atoms with Crippen molar-refractivity contribution in [3.63, 3.8) is 0 Å². The van der Waals surface area contributed by atoms with Crippen LogP contribution < -0.4 is 10.7 Å². The van der Waals surface area contributed by atoms with Crippen molar-refractivity contribution in [1.82, 2.24) is 14.9 Å². The largest absolute Gasteiger partial charge is 0.462 e. The van der Waals surface area contributed by atoms with Crippen molar-refractivity contribution < 1.29 is 30.8 Å². The molecular formula is C18H16ClF6N3O2. The first-order valence-corrected chi connectivity index (χ1v) is 8.85. The molecule has 164 valence electrons. The fraction of sp³-hybridized carbons (Fsp3) is 0.444. The summed E-state index contributed by atoms with van der Waals surface area (Å²) in [6, 6.07) is 2.46. The molecule has 0 unspecified atom stereocenters. The number of hydrogen-bond acceptors (Lipinski definition) is 4. The predicted molar refractivity (Wildman–Crippen MR) is 98.9 cm³/mol. The molecule has 0 bridgehead atoms. The Morgan fingerprint density at radius 2 is 1.83 bits per heavy atom. The normalized spacial score (nSPS) is 16.2. The number of halogens is 7. The molecule has 1 aromatic carbocycles. The molecule has 1 aliphatic heterocycles. The summed E-state index contributed by atoms with van der Waals surface area (Å²) in [7, 11) is 0. The molecule has 0 spiro atoms. The Balaban J connectivity index is 0.00000256. The van der Waals surface area contributed by atoms with E-state index in [1.54, 1.807) is 0 Å². The number of fused-ring (bicyclic) bond motifs is 3. The van der Waals surface area contributed by atoms with E-state index in [0.29, 0.717) is 25.9 Å². The molecule has 1 N–H and O–H groups in total. The summed E-state index contributed by atoms with van der Waals surface area (Å²) in [6.45, 7) is -0.723. The molecule has 1 aliphatic rings. The first kappa shape index (κ1) is 22.4. The maximum Gasteiger partial charge on any atom is 0.449 e. The molecule has 4 rings (SSSR count). The minimum atomic E-state index is -5.11. The van der Waals surface area contributed by atoms with Crippen LogP contribution in [-0.4, -0.2) is 28.8 Å². The van der Waals surface area contributed by atoms with Gasteiger partial charge in [0.25, 0.3) is 0 Å². The van der Waals surface area contributed by atoms with Gasteiger partial charge in [0, 0.05) is 6.07 Å². The van der Waals surface area contributed by atoms with Gasteiger partial charge in [0.15, 0.2) is 11.0 Å². The zero-order chi connectivity index (χ0) is 21.0. The monoisotopic (exact) mass is 455 g/mol. The molecule has 3 heterocycles. The van der Waals surface area contributed by atoms with Gasteiger partial charge in [-0.3, -0.25) is 4.79 Å². The number of imidazole rings is 1. The van der Waals surface area contributed by atoms with Gasteiger partial charge in [0.2, 0.25) is 5.82 Å². The van der Waals surface area contributed by atoms with E-state index in [1.807, 2.05) is 0 Å². The molecule has 0 radical (unpaired) electrons. The van der Waals surface area contributed by atoms with Crippen LogP contribution in [0.2, 0.25) is 0 Å². The highest BCUT2D eigenvalue weighted by atomic mass is 35.5. The first-order chi connectivity index (χ1) is 13.6. The highest BCUT2D eigenvalue weighted by molar-refractivity contribution is 6.02. The predicted octanol–water partition coefficient (Wildman–Crippen LogP) is 4.61. The van der Waals surface area contributed by atoms with Gasteiger partial charge in [-0.05, 0) is 43.5 Å². The smallest absolute Gasteiger partial charge is 0.449 e. The van der Waals surface area contributed by atoms with Gasteiger partial charge < -0.3 is 14.3 Å². The number of piperidine rings is 1. The number of benzene rings is 1. The molecule has 0 saturated carbocycles. The van der Waals surface area contributed by atoms with E-state index in [9.17, 15) is 31.1 Å². The van der Waals surface area contributed by atoms with Crippen LogP contribution in [0.4, 0.5) is 26.3 Å². The van der Waals surface area contributed by atoms with E-state index in [0.717, 1.165) is 12.3 Å². The zero-order valence-electron chi connectivity index (χ0n) is 15.2. The quantitative estimate of drug-likeness (QED) is 0.573. The number of hydrogen-bond donors (Lipinski definition) is 1. The van der Waals surface area contributed by atoms with Crippen molar-refractivity contribution >= 4 is 34.4 Å². The lowest BCUT2D eigenvalue weighted by Gasteiger charge is -2.25. The zero-order valence-corrected chi connectivity index (χ0v) is 16.0. The molecule has 12 heteroatoms. The highest BCUT2D eigenvalue weighted by Crippen LogP contribution is 2.40. The third kappa shape index (κ3) is 4.00. The van der Waals surface area contributed by atoms with Crippen molar-refractivity contribution in [1.29, 1.82) is 0 Å². The third-order valence-corrected chi connectivity index (χ3v) is 5.04. The molecule has 1 fully saturated rings. The van der Waals surface area contributed by atoms with E-state index in [4.69, 9.17) is 4.42 Å². The molecule has 30 heavy (non-hydrogen) atoms. The molecule has 5 nitrogen and oxygen atoms in total. The lowest BCUT2D eigenvalue weighted by atomic mass is 9.88. The van der Waals surface area contributed by atoms with E-state index in [2.05, 4.69) is 10.3 Å². The number of aromatic nitrogens is 2. The van der Waals surface area contributed by atoms with Gasteiger partial charge in [-0.15, -0.1) is 12.4 Å². The van der Waals surface area contributed by atoms with Crippen LogP contribution >= 0.6 is 12.4 Å². The topological polar surface area (TPSA) is 60.1 Å². The maximum absolute atomic E-state index is 13.6. The Hall–Kier alpha value is -2.27. The molecule has 0 aliphatic carbocycles. The summed E-state index contributed by atoms with van der Waals surface area (Å²) in [4.78, 5) is 15.7. The maximum atomic E-state index is 13.6. The second kappa shape index (κ2) is 7.77. The minimum absolute atomic E-state index is 0. The minimum Gasteiger partial charge on any atom is -0.462 e. The van der Waals surface area contributed by atoms with Crippen LogP contribution in [0.15, 0.2) is 27.6 Å². The van der Waals surface area contributed by atoms with Crippen molar-refractivity contribution in [3.8, 4) is 0 Å². The van der Waals surface area contributed by atoms with E-state index < -0.39 is 30.2 Å². The average molecular weight is 456 g/mol. The lowest BCUT2D eigenvalue weighted by molar-refractivity contribution is -0.160. The summed E-state index contributed by atoms with van der Waals surface area (Å²) < 4.78 is 85.6. The lowest BCUT2D eigenvalue weighted by Crippen LogP contribution is -2.27. The second-order valence-corrected chi connectivity index (χ2v) is 6.98. The van der Waals surface area contributed by atoms with E-state index in [-0.39, 0.29) is 50.5 Å². The fourth-order valence-electron chi connectivity index (χ4n) is 3.87. The van der Waals surface area contributed by atoms with Gasteiger partial charge in [0.05, 0.1) is 17.2 Å². The Morgan fingerprint density at radius 3 is 2.43 bits per heavy atom. The number of alkyl halides is 6. The summed E-state index contributed by atoms with van der Waals surface area (Å²) in [5, 5.41) is 3.10. The fourth-order valence-corrected chi connectivity index (χ4v) is 3.87. The van der Waals surface area contributed by atoms with Gasteiger partial charge >= 0.3 is 12.4 Å². The van der Waals surface area contributed by atoms with Crippen molar-refractivity contribution in [2.24, 2.45) is 0 Å². The number of rotatable bonds is 2. The molecule has 0 amide bonds. The SMILES string of the molecule is Cl.O=c1ccoc2c1cc(C1CCNCC1)c1c2nc(C(F)(F)F)n1CC(F)(F)F. The van der Waals surface area contributed by atoms with Gasteiger partial charge in [-0.1, -0.05) is 0 Å². The van der Waals surface area contributed by atoms with Crippen LogP contribution in [0.5, 0.6) is 0 Å². The van der Waals surface area contributed by atoms with Crippen LogP contribution in [-0.2, 0) is 12.7 Å². The van der Waals surface area contributed by atoms with Gasteiger partial charge in [-0.25, -0.2) is 4.98 Å². The summed E-state index contributed by atoms with van der Waals surface area (Å²) >= 11 is 0. The van der Waals surface area contributed by atoms with Crippen LogP contribution in [0.25, 0.3) is 22.0 Å². The standard InChI is InChI=1S/C18H15F6N3O2.ClH/c19-17(20,21)8-27-14-10(9-1-4-25-5-2-9)7-11-12(28)3-6-29-15(11)13(14)26-16(27)18(22,23)24;/h3,6-7,9,25H,1-2,4-5,8H2;1H. The Bertz CT molecular complexity index is 1130. The van der Waals surface area contributed by atoms with Crippen molar-refractivity contribution in [3.05, 3.63) is 40.0 Å². The highest BCUT2D eigenvalue weighted by Gasteiger charge is 2.42. The summed E-state index contributed by atoms with van der Waals surface area (Å²) in [5.74, 6) is -1.98. The summed E-state index contributed by atoms with van der Waals surface area (Å²) in [5.41, 5.74) is -1.17. The molecule has 2 aromatic heterocycles. The number of nitrogens with one attached hydrogen (secondary N) is 1. The van der Waals surface area contributed by atoms with Crippen molar-refractivity contribution in [2.75, 3.05) is 13.1 Å². The van der Waals surface area contributed by atoms with Crippen LogP contribution in [0.3, 0.4) is 0 Å². The van der Waals surface area contributed by atoms with Crippen molar-refractivity contribution in [2.45, 2.75) is 37.7 Å². The first-order valence-electron chi connectivity index (χ1n) is 8.85. The molecule has 0 atom stereocenters. The number of nitrogens with zero attached hydrogens (tertiary/aromatic N) is 2.